The first-order valence-electron chi connectivity index (χ1n) is 12.0. The Morgan fingerprint density at radius 1 is 0.949 bits per heavy atom. The van der Waals surface area contributed by atoms with Crippen LogP contribution in [0.1, 0.15) is 52.1 Å². The standard InChI is InChI=1S/C28H30N4O5S2/c1-16-10-11-18(15-29-16)26(33)30-20-9-7-8-17-12-23(38-25(17)20)27(34)31-21-13-19(28(2,3)4)14-22(24(21)37-5)32-39(6,35)36/h7-15,32H,1-6H3,(H,30,33)(H,31,34). The van der Waals surface area contributed by atoms with Gasteiger partial charge in [0.05, 0.1) is 45.6 Å². The number of methoxy groups -OCH3 is 1. The van der Waals surface area contributed by atoms with E-state index in [1.807, 2.05) is 33.8 Å². The number of thiophene rings is 1. The zero-order chi connectivity index (χ0) is 28.5. The summed E-state index contributed by atoms with van der Waals surface area (Å²) in [6, 6.07) is 14.1. The van der Waals surface area contributed by atoms with E-state index < -0.39 is 15.9 Å². The van der Waals surface area contributed by atoms with Crippen molar-refractivity contribution in [3.8, 4) is 5.75 Å². The van der Waals surface area contributed by atoms with Crippen molar-refractivity contribution in [3.63, 3.8) is 0 Å². The highest BCUT2D eigenvalue weighted by atomic mass is 32.2. The van der Waals surface area contributed by atoms with Crippen LogP contribution in [0.25, 0.3) is 10.1 Å². The Morgan fingerprint density at radius 2 is 1.64 bits per heavy atom. The second kappa shape index (κ2) is 10.7. The van der Waals surface area contributed by atoms with E-state index in [1.54, 1.807) is 42.5 Å². The largest absolute Gasteiger partial charge is 0.492 e. The number of amides is 2. The molecule has 2 aromatic carbocycles. The molecule has 0 fully saturated rings. The van der Waals surface area contributed by atoms with Gasteiger partial charge in [-0.05, 0) is 59.7 Å². The fourth-order valence-electron chi connectivity index (χ4n) is 3.90. The van der Waals surface area contributed by atoms with E-state index in [-0.39, 0.29) is 22.8 Å². The molecule has 2 heterocycles. The molecule has 3 N–H and O–H groups in total. The number of carbonyl (C=O) groups excluding carboxylic acids is 2. The van der Waals surface area contributed by atoms with Gasteiger partial charge in [-0.25, -0.2) is 8.42 Å². The molecule has 9 nitrogen and oxygen atoms in total. The summed E-state index contributed by atoms with van der Waals surface area (Å²) in [5, 5.41) is 6.59. The summed E-state index contributed by atoms with van der Waals surface area (Å²) in [4.78, 5) is 30.8. The molecule has 11 heteroatoms. The maximum absolute atomic E-state index is 13.4. The molecule has 2 amide bonds. The van der Waals surface area contributed by atoms with Crippen LogP contribution in [0.5, 0.6) is 5.75 Å². The number of aromatic nitrogens is 1. The summed E-state index contributed by atoms with van der Waals surface area (Å²) in [6.07, 6.45) is 2.57. The van der Waals surface area contributed by atoms with Gasteiger partial charge in [0, 0.05) is 11.9 Å². The molecule has 0 spiro atoms. The molecule has 0 saturated heterocycles. The maximum atomic E-state index is 13.4. The van der Waals surface area contributed by atoms with E-state index in [2.05, 4.69) is 20.3 Å². The SMILES string of the molecule is COc1c(NC(=O)c2cc3cccc(NC(=O)c4ccc(C)nc4)c3s2)cc(C(C)(C)C)cc1NS(C)(=O)=O. The van der Waals surface area contributed by atoms with Crippen LogP contribution in [0.2, 0.25) is 0 Å². The Morgan fingerprint density at radius 3 is 2.26 bits per heavy atom. The van der Waals surface area contributed by atoms with Gasteiger partial charge in [0.2, 0.25) is 10.0 Å². The molecular formula is C28H30N4O5S2. The van der Waals surface area contributed by atoms with E-state index in [1.165, 1.54) is 24.6 Å². The third-order valence-corrected chi connectivity index (χ3v) is 7.67. The lowest BCUT2D eigenvalue weighted by Gasteiger charge is -2.23. The summed E-state index contributed by atoms with van der Waals surface area (Å²) in [5.74, 6) is -0.502. The number of rotatable bonds is 7. The number of ether oxygens (including phenoxy) is 1. The number of hydrogen-bond acceptors (Lipinski definition) is 7. The summed E-state index contributed by atoms with van der Waals surface area (Å²) in [5.41, 5.74) is 2.85. The molecule has 2 aromatic heterocycles. The molecule has 0 aliphatic carbocycles. The minimum Gasteiger partial charge on any atom is -0.492 e. The highest BCUT2D eigenvalue weighted by molar-refractivity contribution is 7.92. The molecule has 0 atom stereocenters. The van der Waals surface area contributed by atoms with Gasteiger partial charge in [-0.1, -0.05) is 32.9 Å². The molecule has 0 saturated carbocycles. The molecule has 0 radical (unpaired) electrons. The molecule has 0 aliphatic rings. The first kappa shape index (κ1) is 28.1. The number of sulfonamides is 1. The van der Waals surface area contributed by atoms with Crippen molar-refractivity contribution in [2.75, 3.05) is 28.7 Å². The van der Waals surface area contributed by atoms with Crippen molar-refractivity contribution >= 4 is 60.3 Å². The third-order valence-electron chi connectivity index (χ3n) is 5.89. The van der Waals surface area contributed by atoms with Crippen molar-refractivity contribution < 1.29 is 22.7 Å². The number of hydrogen-bond donors (Lipinski definition) is 3. The molecule has 204 valence electrons. The number of fused-ring (bicyclic) bond motifs is 1. The van der Waals surface area contributed by atoms with Gasteiger partial charge in [-0.15, -0.1) is 11.3 Å². The van der Waals surface area contributed by atoms with Gasteiger partial charge >= 0.3 is 0 Å². The van der Waals surface area contributed by atoms with Crippen molar-refractivity contribution in [1.29, 1.82) is 0 Å². The maximum Gasteiger partial charge on any atom is 0.265 e. The number of nitrogens with zero attached hydrogens (tertiary/aromatic N) is 1. The quantitative estimate of drug-likeness (QED) is 0.260. The number of nitrogens with one attached hydrogen (secondary N) is 3. The number of aryl methyl sites for hydroxylation is 1. The van der Waals surface area contributed by atoms with Crippen LogP contribution in [0.4, 0.5) is 17.1 Å². The highest BCUT2D eigenvalue weighted by Gasteiger charge is 2.23. The zero-order valence-electron chi connectivity index (χ0n) is 22.5. The van der Waals surface area contributed by atoms with Crippen molar-refractivity contribution in [3.05, 3.63) is 76.4 Å². The highest BCUT2D eigenvalue weighted by Crippen LogP contribution is 2.40. The van der Waals surface area contributed by atoms with Gasteiger partial charge < -0.3 is 15.4 Å². The molecule has 0 aliphatic heterocycles. The predicted molar refractivity (Wildman–Crippen MR) is 157 cm³/mol. The van der Waals surface area contributed by atoms with E-state index in [0.29, 0.717) is 21.8 Å². The first-order valence-corrected chi connectivity index (χ1v) is 14.7. The lowest BCUT2D eigenvalue weighted by Crippen LogP contribution is -2.18. The molecule has 4 rings (SSSR count). The Hall–Kier alpha value is -3.96. The Kier molecular flexibility index (Phi) is 7.67. The topological polar surface area (TPSA) is 126 Å². The molecular weight excluding hydrogens is 536 g/mol. The normalized spacial score (nSPS) is 11.7. The minimum absolute atomic E-state index is 0.197. The van der Waals surface area contributed by atoms with Crippen molar-refractivity contribution in [2.24, 2.45) is 0 Å². The van der Waals surface area contributed by atoms with Gasteiger partial charge in [0.1, 0.15) is 0 Å². The fourth-order valence-corrected chi connectivity index (χ4v) is 5.48. The summed E-state index contributed by atoms with van der Waals surface area (Å²) in [7, 11) is -2.19. The zero-order valence-corrected chi connectivity index (χ0v) is 24.1. The second-order valence-corrected chi connectivity index (χ2v) is 13.0. The first-order chi connectivity index (χ1) is 18.2. The van der Waals surface area contributed by atoms with Crippen molar-refractivity contribution in [1.82, 2.24) is 4.98 Å². The van der Waals surface area contributed by atoms with Crippen LogP contribution in [0, 0.1) is 6.92 Å². The molecule has 0 unspecified atom stereocenters. The van der Waals surface area contributed by atoms with Gasteiger partial charge in [-0.2, -0.15) is 0 Å². The summed E-state index contributed by atoms with van der Waals surface area (Å²) < 4.78 is 32.8. The second-order valence-electron chi connectivity index (χ2n) is 10.2. The monoisotopic (exact) mass is 566 g/mol. The Labute approximate surface area is 231 Å². The Bertz CT molecular complexity index is 1670. The van der Waals surface area contributed by atoms with Crippen LogP contribution < -0.4 is 20.1 Å². The predicted octanol–water partition coefficient (Wildman–Crippen LogP) is 5.79. The van der Waals surface area contributed by atoms with Crippen LogP contribution in [-0.4, -0.2) is 38.6 Å². The smallest absolute Gasteiger partial charge is 0.265 e. The van der Waals surface area contributed by atoms with Gasteiger partial charge in [0.15, 0.2) is 5.75 Å². The number of pyridine rings is 1. The number of benzene rings is 2. The molecule has 4 aromatic rings. The van der Waals surface area contributed by atoms with E-state index in [4.69, 9.17) is 4.74 Å². The summed E-state index contributed by atoms with van der Waals surface area (Å²) >= 11 is 1.23. The average molecular weight is 567 g/mol. The Balaban J connectivity index is 1.67. The summed E-state index contributed by atoms with van der Waals surface area (Å²) in [6.45, 7) is 7.80. The van der Waals surface area contributed by atoms with Crippen LogP contribution in [0.3, 0.4) is 0 Å². The van der Waals surface area contributed by atoms with Crippen LogP contribution >= 0.6 is 11.3 Å². The van der Waals surface area contributed by atoms with E-state index in [0.717, 1.165) is 27.6 Å². The minimum atomic E-state index is -3.60. The lowest BCUT2D eigenvalue weighted by molar-refractivity contribution is 0.102. The van der Waals surface area contributed by atoms with Gasteiger partial charge in [0.25, 0.3) is 11.8 Å². The number of carbonyl (C=O) groups is 2. The average Bonchev–Trinajstić information content (AvgIpc) is 3.28. The molecule has 39 heavy (non-hydrogen) atoms. The van der Waals surface area contributed by atoms with E-state index >= 15 is 0 Å². The van der Waals surface area contributed by atoms with Crippen LogP contribution in [-0.2, 0) is 15.4 Å². The fraction of sp³-hybridized carbons (Fsp3) is 0.250. The third kappa shape index (κ3) is 6.55. The van der Waals surface area contributed by atoms with Crippen LogP contribution in [0.15, 0.2) is 54.7 Å². The van der Waals surface area contributed by atoms with E-state index in [9.17, 15) is 18.0 Å². The lowest BCUT2D eigenvalue weighted by atomic mass is 9.86. The number of anilines is 3. The van der Waals surface area contributed by atoms with Gasteiger partial charge in [-0.3, -0.25) is 19.3 Å². The van der Waals surface area contributed by atoms with Crippen molar-refractivity contribution in [2.45, 2.75) is 33.1 Å². The molecule has 0 bridgehead atoms.